The highest BCUT2D eigenvalue weighted by atomic mass is 16.5. The number of hydrogen-bond acceptors (Lipinski definition) is 5. The third-order valence-corrected chi connectivity index (χ3v) is 4.50. The lowest BCUT2D eigenvalue weighted by Crippen LogP contribution is -2.07. The quantitative estimate of drug-likeness (QED) is 0.585. The van der Waals surface area contributed by atoms with Gasteiger partial charge in [-0.3, -0.25) is 0 Å². The summed E-state index contributed by atoms with van der Waals surface area (Å²) < 4.78 is 16.4. The summed E-state index contributed by atoms with van der Waals surface area (Å²) in [5.41, 5.74) is 5.42. The molecule has 5 heteroatoms. The van der Waals surface area contributed by atoms with Crippen LogP contribution >= 0.6 is 0 Å². The second-order valence-corrected chi connectivity index (χ2v) is 6.63. The minimum absolute atomic E-state index is 0.247. The predicted molar refractivity (Wildman–Crippen MR) is 102 cm³/mol. The Morgan fingerprint density at radius 2 is 1.85 bits per heavy atom. The summed E-state index contributed by atoms with van der Waals surface area (Å²) >= 11 is 0. The van der Waals surface area contributed by atoms with Crippen LogP contribution in [0.25, 0.3) is 0 Å². The van der Waals surface area contributed by atoms with Crippen LogP contribution in [0, 0.1) is 27.7 Å². The molecule has 1 heterocycles. The van der Waals surface area contributed by atoms with Crippen LogP contribution < -0.4 is 4.74 Å². The lowest BCUT2D eigenvalue weighted by Gasteiger charge is -2.10. The zero-order valence-corrected chi connectivity index (χ0v) is 16.0. The summed E-state index contributed by atoms with van der Waals surface area (Å²) in [6.07, 6.45) is 0. The molecule has 0 atom stereocenters. The maximum absolute atomic E-state index is 12.4. The zero-order valence-electron chi connectivity index (χ0n) is 16.0. The molecule has 5 nitrogen and oxygen atoms in total. The van der Waals surface area contributed by atoms with Crippen molar-refractivity contribution in [3.63, 3.8) is 0 Å². The average Bonchev–Trinajstić information content (AvgIpc) is 2.98. The smallest absolute Gasteiger partial charge is 0.338 e. The Morgan fingerprint density at radius 1 is 1.04 bits per heavy atom. The summed E-state index contributed by atoms with van der Waals surface area (Å²) in [6, 6.07) is 13.1. The maximum Gasteiger partial charge on any atom is 0.338 e. The van der Waals surface area contributed by atoms with Gasteiger partial charge in [0.15, 0.2) is 0 Å². The molecular formula is C22H23NO4. The fraction of sp³-hybridized carbons (Fsp3) is 0.273. The SMILES string of the molecule is Cc1ccc(C)c(COC(=O)c2cccc(OCc3c(C)noc3C)c2)c1. The highest BCUT2D eigenvalue weighted by Gasteiger charge is 2.12. The van der Waals surface area contributed by atoms with E-state index in [-0.39, 0.29) is 12.6 Å². The number of benzene rings is 2. The van der Waals surface area contributed by atoms with E-state index in [9.17, 15) is 4.79 Å². The van der Waals surface area contributed by atoms with Gasteiger partial charge < -0.3 is 14.0 Å². The largest absolute Gasteiger partial charge is 0.489 e. The summed E-state index contributed by atoms with van der Waals surface area (Å²) in [4.78, 5) is 12.4. The molecule has 27 heavy (non-hydrogen) atoms. The van der Waals surface area contributed by atoms with E-state index < -0.39 is 0 Å². The molecule has 0 aliphatic carbocycles. The van der Waals surface area contributed by atoms with Crippen molar-refractivity contribution in [3.8, 4) is 5.75 Å². The first-order valence-electron chi connectivity index (χ1n) is 8.82. The minimum Gasteiger partial charge on any atom is -0.489 e. The van der Waals surface area contributed by atoms with E-state index in [4.69, 9.17) is 14.0 Å². The van der Waals surface area contributed by atoms with Crippen molar-refractivity contribution in [1.82, 2.24) is 5.16 Å². The topological polar surface area (TPSA) is 61.6 Å². The minimum atomic E-state index is -0.376. The van der Waals surface area contributed by atoms with Crippen LogP contribution in [-0.4, -0.2) is 11.1 Å². The number of rotatable bonds is 6. The average molecular weight is 365 g/mol. The highest BCUT2D eigenvalue weighted by molar-refractivity contribution is 5.89. The summed E-state index contributed by atoms with van der Waals surface area (Å²) in [5.74, 6) is 0.950. The Labute approximate surface area is 158 Å². The fourth-order valence-electron chi connectivity index (χ4n) is 2.76. The lowest BCUT2D eigenvalue weighted by molar-refractivity contribution is 0.0471. The van der Waals surface area contributed by atoms with Gasteiger partial charge in [0, 0.05) is 0 Å². The molecule has 0 unspecified atom stereocenters. The third-order valence-electron chi connectivity index (χ3n) is 4.50. The first-order chi connectivity index (χ1) is 12.9. The first kappa shape index (κ1) is 18.7. The Kier molecular flexibility index (Phi) is 5.60. The molecule has 0 fully saturated rings. The molecule has 3 aromatic rings. The van der Waals surface area contributed by atoms with E-state index in [2.05, 4.69) is 5.16 Å². The molecule has 0 bridgehead atoms. The maximum atomic E-state index is 12.4. The number of ether oxygens (including phenoxy) is 2. The molecule has 3 rings (SSSR count). The van der Waals surface area contributed by atoms with Crippen LogP contribution in [-0.2, 0) is 18.0 Å². The predicted octanol–water partition coefficient (Wildman–Crippen LogP) is 4.84. The molecule has 0 N–H and O–H groups in total. The standard InChI is InChI=1S/C22H23NO4/c1-14-8-9-15(2)19(10-14)12-26-22(24)18-6-5-7-20(11-18)25-13-21-16(3)23-27-17(21)4/h5-11H,12-13H2,1-4H3. The van der Waals surface area contributed by atoms with Gasteiger partial charge in [0.05, 0.1) is 16.8 Å². The van der Waals surface area contributed by atoms with Crippen LogP contribution in [0.5, 0.6) is 5.75 Å². The highest BCUT2D eigenvalue weighted by Crippen LogP contribution is 2.19. The summed E-state index contributed by atoms with van der Waals surface area (Å²) in [5, 5.41) is 3.91. The van der Waals surface area contributed by atoms with Gasteiger partial charge in [-0.1, -0.05) is 35.0 Å². The van der Waals surface area contributed by atoms with Crippen molar-refractivity contribution in [2.45, 2.75) is 40.9 Å². The lowest BCUT2D eigenvalue weighted by atomic mass is 10.1. The number of carbonyl (C=O) groups excluding carboxylic acids is 1. The van der Waals surface area contributed by atoms with Crippen LogP contribution in [0.4, 0.5) is 0 Å². The number of aryl methyl sites for hydroxylation is 4. The Hall–Kier alpha value is -3.08. The van der Waals surface area contributed by atoms with Gasteiger partial charge in [0.25, 0.3) is 0 Å². The van der Waals surface area contributed by atoms with Crippen molar-refractivity contribution in [1.29, 1.82) is 0 Å². The van der Waals surface area contributed by atoms with Gasteiger partial charge in [0.2, 0.25) is 0 Å². The van der Waals surface area contributed by atoms with Gasteiger partial charge in [-0.15, -0.1) is 0 Å². The molecule has 0 saturated heterocycles. The Bertz CT molecular complexity index is 939. The van der Waals surface area contributed by atoms with Gasteiger partial charge in [0.1, 0.15) is 24.7 Å². The fourth-order valence-corrected chi connectivity index (χ4v) is 2.76. The second kappa shape index (κ2) is 8.08. The van der Waals surface area contributed by atoms with Crippen molar-refractivity contribution >= 4 is 5.97 Å². The van der Waals surface area contributed by atoms with Gasteiger partial charge in [-0.2, -0.15) is 0 Å². The van der Waals surface area contributed by atoms with E-state index in [0.29, 0.717) is 17.9 Å². The number of hydrogen-bond donors (Lipinski definition) is 0. The van der Waals surface area contributed by atoms with Crippen molar-refractivity contribution in [2.24, 2.45) is 0 Å². The molecule has 0 aliphatic heterocycles. The molecule has 140 valence electrons. The van der Waals surface area contributed by atoms with E-state index >= 15 is 0 Å². The zero-order chi connectivity index (χ0) is 19.4. The van der Waals surface area contributed by atoms with E-state index in [0.717, 1.165) is 33.7 Å². The molecular weight excluding hydrogens is 342 g/mol. The number of nitrogens with zero attached hydrogens (tertiary/aromatic N) is 1. The summed E-state index contributed by atoms with van der Waals surface area (Å²) in [6.45, 7) is 8.32. The third kappa shape index (κ3) is 4.56. The molecule has 0 amide bonds. The summed E-state index contributed by atoms with van der Waals surface area (Å²) in [7, 11) is 0. The number of aromatic nitrogens is 1. The molecule has 1 aromatic heterocycles. The van der Waals surface area contributed by atoms with Crippen molar-refractivity contribution < 1.29 is 18.8 Å². The van der Waals surface area contributed by atoms with Crippen LogP contribution in [0.15, 0.2) is 47.0 Å². The molecule has 0 spiro atoms. The second-order valence-electron chi connectivity index (χ2n) is 6.63. The van der Waals surface area contributed by atoms with Gasteiger partial charge >= 0.3 is 5.97 Å². The van der Waals surface area contributed by atoms with Gasteiger partial charge in [-0.25, -0.2) is 4.79 Å². The Morgan fingerprint density at radius 3 is 2.59 bits per heavy atom. The molecule has 2 aromatic carbocycles. The normalized spacial score (nSPS) is 10.7. The Balaban J connectivity index is 1.64. The van der Waals surface area contributed by atoms with E-state index in [1.165, 1.54) is 0 Å². The van der Waals surface area contributed by atoms with Crippen LogP contribution in [0.2, 0.25) is 0 Å². The van der Waals surface area contributed by atoms with Crippen LogP contribution in [0.3, 0.4) is 0 Å². The van der Waals surface area contributed by atoms with Crippen LogP contribution in [0.1, 0.15) is 44.1 Å². The van der Waals surface area contributed by atoms with Crippen molar-refractivity contribution in [2.75, 3.05) is 0 Å². The van der Waals surface area contributed by atoms with Crippen molar-refractivity contribution in [3.05, 3.63) is 81.7 Å². The molecule has 0 saturated carbocycles. The van der Waals surface area contributed by atoms with E-state index in [1.807, 2.05) is 45.9 Å². The van der Waals surface area contributed by atoms with Gasteiger partial charge in [-0.05, 0) is 57.0 Å². The number of carbonyl (C=O) groups is 1. The molecule has 0 aliphatic rings. The monoisotopic (exact) mass is 365 g/mol. The first-order valence-corrected chi connectivity index (χ1v) is 8.82. The van der Waals surface area contributed by atoms with E-state index in [1.54, 1.807) is 24.3 Å². The number of esters is 1. The molecule has 0 radical (unpaired) electrons.